The minimum Gasteiger partial charge on any atom is -0.490 e. The number of rotatable bonds is 9. The molecule has 0 amide bonds. The van der Waals surface area contributed by atoms with Crippen molar-refractivity contribution in [1.82, 2.24) is 0 Å². The Morgan fingerprint density at radius 1 is 1.03 bits per heavy atom. The lowest BCUT2D eigenvalue weighted by molar-refractivity contribution is 0.0696. The monoisotopic (exact) mass is 483 g/mol. The summed E-state index contributed by atoms with van der Waals surface area (Å²) in [6.07, 6.45) is 0. The van der Waals surface area contributed by atoms with Crippen molar-refractivity contribution in [3.05, 3.63) is 86.9 Å². The van der Waals surface area contributed by atoms with Crippen LogP contribution in [0.25, 0.3) is 0 Å². The molecule has 0 aliphatic rings. The van der Waals surface area contributed by atoms with Gasteiger partial charge in [-0.05, 0) is 61.7 Å². The molecule has 0 radical (unpaired) electrons. The lowest BCUT2D eigenvalue weighted by atomic mass is 10.1. The number of halogens is 1. The first-order valence-corrected chi connectivity index (χ1v) is 10.9. The van der Waals surface area contributed by atoms with Gasteiger partial charge >= 0.3 is 5.97 Å². The second kappa shape index (κ2) is 10.4. The van der Waals surface area contributed by atoms with Crippen molar-refractivity contribution in [3.8, 4) is 11.5 Å². The maximum absolute atomic E-state index is 11.4. The second-order valence-corrected chi connectivity index (χ2v) is 8.09. The van der Waals surface area contributed by atoms with Crippen molar-refractivity contribution in [1.29, 1.82) is 0 Å². The third kappa shape index (κ3) is 5.79. The first kappa shape index (κ1) is 22.7. The van der Waals surface area contributed by atoms with E-state index in [1.54, 1.807) is 19.1 Å². The molecular weight excluding hydrogens is 458 g/mol. The van der Waals surface area contributed by atoms with Gasteiger partial charge in [0.25, 0.3) is 0 Å². The molecule has 0 aromatic heterocycles. The summed E-state index contributed by atoms with van der Waals surface area (Å²) in [6.45, 7) is 7.27. The number of carboxylic acids is 1. The average Bonchev–Trinajstić information content (AvgIpc) is 2.73. The van der Waals surface area contributed by atoms with Crippen molar-refractivity contribution in [2.24, 2.45) is 0 Å². The molecule has 0 saturated heterocycles. The molecular formula is C25H26BrNO4. The minimum absolute atomic E-state index is 0.291. The first-order chi connectivity index (χ1) is 14.9. The van der Waals surface area contributed by atoms with Gasteiger partial charge in [0, 0.05) is 16.7 Å². The summed E-state index contributed by atoms with van der Waals surface area (Å²) < 4.78 is 12.8. The van der Waals surface area contributed by atoms with E-state index < -0.39 is 5.97 Å². The van der Waals surface area contributed by atoms with E-state index in [2.05, 4.69) is 40.3 Å². The SMILES string of the molecule is CCOc1cc(CNc2cccc(C(=O)O)c2C)c(Br)cc1OCc1cccc(C)c1. The van der Waals surface area contributed by atoms with Crippen molar-refractivity contribution in [3.63, 3.8) is 0 Å². The van der Waals surface area contributed by atoms with E-state index in [9.17, 15) is 9.90 Å². The molecule has 3 aromatic rings. The van der Waals surface area contributed by atoms with Gasteiger partial charge in [0.15, 0.2) is 11.5 Å². The summed E-state index contributed by atoms with van der Waals surface area (Å²) in [7, 11) is 0. The summed E-state index contributed by atoms with van der Waals surface area (Å²) in [5.41, 5.74) is 5.04. The van der Waals surface area contributed by atoms with Gasteiger partial charge in [-0.3, -0.25) is 0 Å². The highest BCUT2D eigenvalue weighted by atomic mass is 79.9. The lowest BCUT2D eigenvalue weighted by Crippen LogP contribution is -2.07. The minimum atomic E-state index is -0.934. The molecule has 0 aliphatic heterocycles. The van der Waals surface area contributed by atoms with Crippen molar-refractivity contribution in [2.75, 3.05) is 11.9 Å². The Bertz CT molecular complexity index is 1080. The molecule has 0 fully saturated rings. The fourth-order valence-electron chi connectivity index (χ4n) is 3.31. The number of hydrogen-bond donors (Lipinski definition) is 2. The Labute approximate surface area is 191 Å². The van der Waals surface area contributed by atoms with E-state index in [4.69, 9.17) is 9.47 Å². The van der Waals surface area contributed by atoms with Gasteiger partial charge in [0.1, 0.15) is 6.61 Å². The van der Waals surface area contributed by atoms with E-state index in [1.807, 2.05) is 37.3 Å². The Morgan fingerprint density at radius 2 is 1.77 bits per heavy atom. The largest absolute Gasteiger partial charge is 0.490 e. The van der Waals surface area contributed by atoms with Crippen LogP contribution in [0.5, 0.6) is 11.5 Å². The van der Waals surface area contributed by atoms with Gasteiger partial charge in [0.2, 0.25) is 0 Å². The molecule has 0 spiro atoms. The van der Waals surface area contributed by atoms with Crippen LogP contribution in [0.4, 0.5) is 5.69 Å². The van der Waals surface area contributed by atoms with Gasteiger partial charge in [-0.2, -0.15) is 0 Å². The normalized spacial score (nSPS) is 10.6. The van der Waals surface area contributed by atoms with Crippen LogP contribution in [-0.2, 0) is 13.2 Å². The van der Waals surface area contributed by atoms with Crippen LogP contribution >= 0.6 is 15.9 Å². The van der Waals surface area contributed by atoms with E-state index in [-0.39, 0.29) is 0 Å². The van der Waals surface area contributed by atoms with Crippen LogP contribution in [0, 0.1) is 13.8 Å². The summed E-state index contributed by atoms with van der Waals surface area (Å²) in [5.74, 6) is 0.408. The number of carbonyl (C=O) groups is 1. The Hall–Kier alpha value is -2.99. The van der Waals surface area contributed by atoms with Crippen LogP contribution in [0.2, 0.25) is 0 Å². The predicted octanol–water partition coefficient (Wildman–Crippen LogP) is 6.35. The van der Waals surface area contributed by atoms with Crippen LogP contribution < -0.4 is 14.8 Å². The van der Waals surface area contributed by atoms with E-state index in [1.165, 1.54) is 5.56 Å². The highest BCUT2D eigenvalue weighted by molar-refractivity contribution is 9.10. The molecule has 0 unspecified atom stereocenters. The van der Waals surface area contributed by atoms with E-state index in [0.717, 1.165) is 21.3 Å². The molecule has 5 nitrogen and oxygen atoms in total. The molecule has 0 atom stereocenters. The van der Waals surface area contributed by atoms with Crippen molar-refractivity contribution >= 4 is 27.6 Å². The number of aromatic carboxylic acids is 1. The first-order valence-electron chi connectivity index (χ1n) is 10.1. The molecule has 31 heavy (non-hydrogen) atoms. The van der Waals surface area contributed by atoms with Crippen LogP contribution in [0.1, 0.15) is 39.5 Å². The zero-order chi connectivity index (χ0) is 22.4. The number of aryl methyl sites for hydroxylation is 1. The maximum atomic E-state index is 11.4. The number of nitrogens with one attached hydrogen (secondary N) is 1. The van der Waals surface area contributed by atoms with E-state index in [0.29, 0.717) is 42.4 Å². The second-order valence-electron chi connectivity index (χ2n) is 7.24. The van der Waals surface area contributed by atoms with Crippen LogP contribution in [-0.4, -0.2) is 17.7 Å². The molecule has 0 heterocycles. The van der Waals surface area contributed by atoms with Crippen molar-refractivity contribution in [2.45, 2.75) is 33.9 Å². The van der Waals surface area contributed by atoms with Crippen molar-refractivity contribution < 1.29 is 19.4 Å². The highest BCUT2D eigenvalue weighted by Crippen LogP contribution is 2.35. The predicted molar refractivity (Wildman–Crippen MR) is 126 cm³/mol. The van der Waals surface area contributed by atoms with Gasteiger partial charge in [0.05, 0.1) is 12.2 Å². The van der Waals surface area contributed by atoms with Crippen LogP contribution in [0.15, 0.2) is 59.1 Å². The topological polar surface area (TPSA) is 67.8 Å². The summed E-state index contributed by atoms with van der Waals surface area (Å²) >= 11 is 3.63. The standard InChI is InChI=1S/C25H26BrNO4/c1-4-30-23-12-19(14-27-22-10-6-9-20(17(22)3)25(28)29)21(26)13-24(23)31-15-18-8-5-7-16(2)11-18/h5-13,27H,4,14-15H2,1-3H3,(H,28,29). The number of carboxylic acid groups (broad SMARTS) is 1. The molecule has 0 aliphatic carbocycles. The summed E-state index contributed by atoms with van der Waals surface area (Å²) in [5, 5.41) is 12.7. The van der Waals surface area contributed by atoms with Gasteiger partial charge < -0.3 is 19.9 Å². The molecule has 0 saturated carbocycles. The summed E-state index contributed by atoms with van der Waals surface area (Å²) in [6, 6.07) is 17.3. The zero-order valence-electron chi connectivity index (χ0n) is 17.9. The molecule has 3 aromatic carbocycles. The quantitative estimate of drug-likeness (QED) is 0.370. The third-order valence-corrected chi connectivity index (χ3v) is 5.66. The fourth-order valence-corrected chi connectivity index (χ4v) is 3.77. The fraction of sp³-hybridized carbons (Fsp3) is 0.240. The average molecular weight is 484 g/mol. The molecule has 2 N–H and O–H groups in total. The molecule has 6 heteroatoms. The number of benzene rings is 3. The molecule has 162 valence electrons. The zero-order valence-corrected chi connectivity index (χ0v) is 19.5. The van der Waals surface area contributed by atoms with Gasteiger partial charge in [-0.1, -0.05) is 51.8 Å². The van der Waals surface area contributed by atoms with Gasteiger partial charge in [-0.25, -0.2) is 4.79 Å². The smallest absolute Gasteiger partial charge is 0.336 e. The van der Waals surface area contributed by atoms with E-state index >= 15 is 0 Å². The molecule has 0 bridgehead atoms. The Kier molecular flexibility index (Phi) is 7.58. The lowest BCUT2D eigenvalue weighted by Gasteiger charge is -2.17. The maximum Gasteiger partial charge on any atom is 0.336 e. The number of anilines is 1. The third-order valence-electron chi connectivity index (χ3n) is 4.92. The molecule has 3 rings (SSSR count). The van der Waals surface area contributed by atoms with Gasteiger partial charge in [-0.15, -0.1) is 0 Å². The van der Waals surface area contributed by atoms with Crippen LogP contribution in [0.3, 0.4) is 0 Å². The number of hydrogen-bond acceptors (Lipinski definition) is 4. The Balaban J connectivity index is 1.78. The summed E-state index contributed by atoms with van der Waals surface area (Å²) in [4.78, 5) is 11.4. The highest BCUT2D eigenvalue weighted by Gasteiger charge is 2.13. The number of ether oxygens (including phenoxy) is 2. The Morgan fingerprint density at radius 3 is 2.48 bits per heavy atom.